The Morgan fingerprint density at radius 1 is 1.06 bits per heavy atom. The summed E-state index contributed by atoms with van der Waals surface area (Å²) in [4.78, 5) is 39.9. The number of amides is 2. The van der Waals surface area contributed by atoms with Crippen LogP contribution in [0.1, 0.15) is 36.0 Å². The highest BCUT2D eigenvalue weighted by atomic mass is 35.5. The molecule has 2 aromatic rings. The van der Waals surface area contributed by atoms with Gasteiger partial charge in [-0.3, -0.25) is 9.59 Å². The number of rotatable bonds is 6. The average Bonchev–Trinajstić information content (AvgIpc) is 3.02. The third-order valence-electron chi connectivity index (χ3n) is 5.22. The highest BCUT2D eigenvalue weighted by Gasteiger charge is 2.41. The van der Waals surface area contributed by atoms with Gasteiger partial charge in [0.15, 0.2) is 0 Å². The normalized spacial score (nSPS) is 16.0. The zero-order valence-electron chi connectivity index (χ0n) is 16.5. The summed E-state index contributed by atoms with van der Waals surface area (Å²) in [6.07, 6.45) is 2.62. The fourth-order valence-corrected chi connectivity index (χ4v) is 4.69. The van der Waals surface area contributed by atoms with E-state index in [-0.39, 0.29) is 22.9 Å². The van der Waals surface area contributed by atoms with Crippen molar-refractivity contribution in [2.75, 3.05) is 17.3 Å². The van der Waals surface area contributed by atoms with E-state index >= 15 is 0 Å². The summed E-state index contributed by atoms with van der Waals surface area (Å²) in [5.74, 6) is -2.11. The lowest BCUT2D eigenvalue weighted by Crippen LogP contribution is -2.32. The average molecular weight is 460 g/mol. The van der Waals surface area contributed by atoms with Crippen molar-refractivity contribution in [2.45, 2.75) is 30.6 Å². The number of nitrogens with zero attached hydrogens (tertiary/aromatic N) is 1. The van der Waals surface area contributed by atoms with Crippen molar-refractivity contribution in [1.82, 2.24) is 0 Å². The highest BCUT2D eigenvalue weighted by Crippen LogP contribution is 2.38. The molecule has 0 bridgehead atoms. The number of thioether (sulfide) groups is 1. The Balaban J connectivity index is 1.48. The molecule has 8 heteroatoms. The number of benzene rings is 2. The van der Waals surface area contributed by atoms with E-state index in [0.29, 0.717) is 29.7 Å². The molecular formula is C23H19ClFNO4S. The Morgan fingerprint density at radius 2 is 1.71 bits per heavy atom. The summed E-state index contributed by atoms with van der Waals surface area (Å²) in [5, 5.41) is -0.140. The van der Waals surface area contributed by atoms with Gasteiger partial charge in [-0.25, -0.2) is 14.1 Å². The van der Waals surface area contributed by atoms with E-state index in [9.17, 15) is 18.8 Å². The lowest BCUT2D eigenvalue weighted by atomic mass is 9.93. The molecular weight excluding hydrogens is 441 g/mol. The summed E-state index contributed by atoms with van der Waals surface area (Å²) in [5.41, 5.74) is 0.507. The Kier molecular flexibility index (Phi) is 6.43. The molecule has 0 unspecified atom stereocenters. The molecule has 0 N–H and O–H groups in total. The third-order valence-corrected chi connectivity index (χ3v) is 6.51. The van der Waals surface area contributed by atoms with Crippen molar-refractivity contribution in [2.24, 2.45) is 0 Å². The van der Waals surface area contributed by atoms with Crippen LogP contribution in [0.3, 0.4) is 0 Å². The molecule has 2 amide bonds. The maximum absolute atomic E-state index is 14.7. The van der Waals surface area contributed by atoms with Crippen molar-refractivity contribution in [1.29, 1.82) is 0 Å². The predicted molar refractivity (Wildman–Crippen MR) is 117 cm³/mol. The minimum atomic E-state index is -0.845. The number of imide groups is 1. The molecule has 2 aromatic carbocycles. The van der Waals surface area contributed by atoms with E-state index < -0.39 is 23.6 Å². The maximum Gasteiger partial charge on any atom is 0.339 e. The van der Waals surface area contributed by atoms with Gasteiger partial charge in [0, 0.05) is 21.8 Å². The van der Waals surface area contributed by atoms with E-state index in [0.717, 1.165) is 34.8 Å². The molecule has 0 spiro atoms. The third kappa shape index (κ3) is 4.38. The fourth-order valence-electron chi connectivity index (χ4n) is 3.71. The van der Waals surface area contributed by atoms with E-state index in [1.54, 1.807) is 0 Å². The van der Waals surface area contributed by atoms with Crippen LogP contribution in [0.25, 0.3) is 0 Å². The molecule has 1 aliphatic heterocycles. The predicted octanol–water partition coefficient (Wildman–Crippen LogP) is 5.17. The van der Waals surface area contributed by atoms with Gasteiger partial charge in [0.05, 0.1) is 16.3 Å². The van der Waals surface area contributed by atoms with Crippen LogP contribution < -0.4 is 4.90 Å². The molecule has 0 atom stereocenters. The van der Waals surface area contributed by atoms with Crippen molar-refractivity contribution < 1.29 is 23.5 Å². The first kappa shape index (κ1) is 21.6. The fraction of sp³-hybridized carbons (Fsp3) is 0.261. The van der Waals surface area contributed by atoms with Gasteiger partial charge in [-0.1, -0.05) is 29.8 Å². The van der Waals surface area contributed by atoms with Gasteiger partial charge in [0.1, 0.15) is 12.4 Å². The second-order valence-corrected chi connectivity index (χ2v) is 8.77. The number of anilines is 1. The number of carbonyl (C=O) groups is 3. The smallest absolute Gasteiger partial charge is 0.339 e. The van der Waals surface area contributed by atoms with E-state index in [2.05, 4.69) is 0 Å². The van der Waals surface area contributed by atoms with E-state index in [1.165, 1.54) is 11.8 Å². The highest BCUT2D eigenvalue weighted by molar-refractivity contribution is 7.99. The van der Waals surface area contributed by atoms with Crippen molar-refractivity contribution in [3.63, 3.8) is 0 Å². The minimum Gasteiger partial charge on any atom is -0.461 e. The number of ether oxygens (including phenoxy) is 1. The molecule has 31 heavy (non-hydrogen) atoms. The molecule has 0 fully saturated rings. The quantitative estimate of drug-likeness (QED) is 0.258. The Morgan fingerprint density at radius 3 is 2.35 bits per heavy atom. The maximum atomic E-state index is 14.7. The van der Waals surface area contributed by atoms with Crippen LogP contribution in [0.4, 0.5) is 10.1 Å². The van der Waals surface area contributed by atoms with Crippen LogP contribution in [0.15, 0.2) is 58.5 Å². The monoisotopic (exact) mass is 459 g/mol. The molecule has 0 aromatic heterocycles. The van der Waals surface area contributed by atoms with E-state index in [1.807, 2.05) is 30.3 Å². The molecule has 1 aliphatic carbocycles. The largest absolute Gasteiger partial charge is 0.461 e. The molecule has 0 saturated heterocycles. The Bertz CT molecular complexity index is 1060. The first-order valence-corrected chi connectivity index (χ1v) is 11.3. The second kappa shape index (κ2) is 9.24. The Labute approximate surface area is 188 Å². The first-order chi connectivity index (χ1) is 15.0. The van der Waals surface area contributed by atoms with Crippen LogP contribution in [0, 0.1) is 5.82 Å². The summed E-state index contributed by atoms with van der Waals surface area (Å²) < 4.78 is 19.9. The molecule has 160 valence electrons. The van der Waals surface area contributed by atoms with Crippen molar-refractivity contribution >= 4 is 46.8 Å². The number of halogens is 2. The van der Waals surface area contributed by atoms with Gasteiger partial charge in [-0.05, 0) is 49.9 Å². The summed E-state index contributed by atoms with van der Waals surface area (Å²) in [6.45, 7) is 0.124. The molecule has 0 radical (unpaired) electrons. The molecule has 1 heterocycles. The second-order valence-electron chi connectivity index (χ2n) is 7.19. The van der Waals surface area contributed by atoms with Crippen molar-refractivity contribution in [3.05, 3.63) is 70.0 Å². The number of hydrogen-bond acceptors (Lipinski definition) is 5. The number of hydrogen-bond donors (Lipinski definition) is 0. The van der Waals surface area contributed by atoms with Crippen LogP contribution in [0.2, 0.25) is 5.02 Å². The SMILES string of the molecule is O=C(OCCSc1ccccc1)c1cc(N2C(=O)C3=C(CCCC3)C2=O)c(F)cc1Cl. The van der Waals surface area contributed by atoms with Gasteiger partial charge in [0.2, 0.25) is 0 Å². The number of esters is 1. The van der Waals surface area contributed by atoms with Gasteiger partial charge in [-0.15, -0.1) is 11.8 Å². The molecule has 5 nitrogen and oxygen atoms in total. The van der Waals surface area contributed by atoms with Crippen molar-refractivity contribution in [3.8, 4) is 0 Å². The van der Waals surface area contributed by atoms with Crippen LogP contribution in [-0.4, -0.2) is 30.1 Å². The lowest BCUT2D eigenvalue weighted by molar-refractivity contribution is -0.120. The Hall–Kier alpha value is -2.64. The van der Waals surface area contributed by atoms with E-state index in [4.69, 9.17) is 16.3 Å². The summed E-state index contributed by atoms with van der Waals surface area (Å²) >= 11 is 7.59. The molecule has 0 saturated carbocycles. The topological polar surface area (TPSA) is 63.7 Å². The van der Waals surface area contributed by atoms with Gasteiger partial charge in [-0.2, -0.15) is 0 Å². The summed E-state index contributed by atoms with van der Waals surface area (Å²) in [6, 6.07) is 11.7. The minimum absolute atomic E-state index is 0.0896. The van der Waals surface area contributed by atoms with Gasteiger partial charge >= 0.3 is 5.97 Å². The van der Waals surface area contributed by atoms with Crippen LogP contribution in [-0.2, 0) is 14.3 Å². The molecule has 4 rings (SSSR count). The van der Waals surface area contributed by atoms with Gasteiger partial charge < -0.3 is 4.74 Å². The zero-order valence-corrected chi connectivity index (χ0v) is 18.1. The standard InChI is InChI=1S/C23H19ClFNO4S/c24-18-13-19(25)20(26-21(27)15-8-4-5-9-16(15)22(26)28)12-17(18)23(29)30-10-11-31-14-6-2-1-3-7-14/h1-3,6-7,12-13H,4-5,8-11H2. The molecule has 2 aliphatic rings. The lowest BCUT2D eigenvalue weighted by Gasteiger charge is -2.17. The summed E-state index contributed by atoms with van der Waals surface area (Å²) in [7, 11) is 0. The van der Waals surface area contributed by atoms with Crippen LogP contribution >= 0.6 is 23.4 Å². The van der Waals surface area contributed by atoms with Gasteiger partial charge in [0.25, 0.3) is 11.8 Å². The van der Waals surface area contributed by atoms with Crippen LogP contribution in [0.5, 0.6) is 0 Å². The zero-order chi connectivity index (χ0) is 22.0. The number of carbonyl (C=O) groups excluding carboxylic acids is 3. The first-order valence-electron chi connectivity index (χ1n) is 9.92.